The van der Waals surface area contributed by atoms with Gasteiger partial charge in [0.05, 0.1) is 0 Å². The van der Waals surface area contributed by atoms with E-state index in [1.807, 2.05) is 6.92 Å². The number of rotatable bonds is 3. The van der Waals surface area contributed by atoms with Crippen LogP contribution in [-0.2, 0) is 4.79 Å². The first kappa shape index (κ1) is 12.2. The van der Waals surface area contributed by atoms with E-state index in [4.69, 9.17) is 0 Å². The van der Waals surface area contributed by atoms with Crippen molar-refractivity contribution < 1.29 is 4.79 Å². The molecule has 0 saturated heterocycles. The maximum absolute atomic E-state index is 10.7. The molecule has 0 aromatic carbocycles. The molecular weight excluding hydrogens is 150 g/mol. The summed E-state index contributed by atoms with van der Waals surface area (Å²) >= 11 is 0. The monoisotopic (exact) mass is 163 g/mol. The summed E-state index contributed by atoms with van der Waals surface area (Å²) in [4.78, 5) is 10.7. The molecule has 0 spiro atoms. The number of nitrogens with one attached hydrogen (secondary N) is 1. The lowest BCUT2D eigenvalue weighted by atomic mass is 10.3. The van der Waals surface area contributed by atoms with Gasteiger partial charge in [-0.1, -0.05) is 13.5 Å². The summed E-state index contributed by atoms with van der Waals surface area (Å²) < 4.78 is 0. The van der Waals surface area contributed by atoms with Gasteiger partial charge in [0.2, 0.25) is 5.91 Å². The first-order valence-corrected chi connectivity index (χ1v) is 3.12. The molecule has 0 atom stereocenters. The van der Waals surface area contributed by atoms with Gasteiger partial charge in [-0.2, -0.15) is 0 Å². The van der Waals surface area contributed by atoms with E-state index >= 15 is 0 Å². The Hall–Kier alpha value is -0.500. The molecule has 3 heteroatoms. The standard InChI is InChI=1S/C7H13NO.ClH/c1-4-5-8-7(9)6(2)3;/h2,4-5H2,1,3H3,(H,8,9);1H. The summed E-state index contributed by atoms with van der Waals surface area (Å²) in [6.07, 6.45) is 0.971. The van der Waals surface area contributed by atoms with E-state index in [1.165, 1.54) is 0 Å². The SMILES string of the molecule is C=C(C)C(=O)NCCC.Cl. The fourth-order valence-electron chi connectivity index (χ4n) is 0.389. The summed E-state index contributed by atoms with van der Waals surface area (Å²) in [7, 11) is 0. The Morgan fingerprint density at radius 2 is 2.10 bits per heavy atom. The highest BCUT2D eigenvalue weighted by atomic mass is 35.5. The molecule has 0 aliphatic rings. The smallest absolute Gasteiger partial charge is 0.246 e. The highest BCUT2D eigenvalue weighted by molar-refractivity contribution is 5.91. The van der Waals surface area contributed by atoms with Crippen LogP contribution in [0.2, 0.25) is 0 Å². The predicted octanol–water partition coefficient (Wildman–Crippen LogP) is 1.51. The van der Waals surface area contributed by atoms with Crippen LogP contribution in [0, 0.1) is 0 Å². The zero-order valence-electron chi connectivity index (χ0n) is 6.44. The average molecular weight is 164 g/mol. The van der Waals surface area contributed by atoms with E-state index in [0.717, 1.165) is 13.0 Å². The molecule has 60 valence electrons. The van der Waals surface area contributed by atoms with Crippen LogP contribution in [-0.4, -0.2) is 12.5 Å². The fourth-order valence-corrected chi connectivity index (χ4v) is 0.389. The fraction of sp³-hybridized carbons (Fsp3) is 0.571. The Morgan fingerprint density at radius 3 is 2.40 bits per heavy atom. The predicted molar refractivity (Wildman–Crippen MR) is 45.4 cm³/mol. The second kappa shape index (κ2) is 6.62. The highest BCUT2D eigenvalue weighted by Gasteiger charge is 1.96. The third-order valence-corrected chi connectivity index (χ3v) is 0.923. The van der Waals surface area contributed by atoms with Crippen LogP contribution >= 0.6 is 12.4 Å². The van der Waals surface area contributed by atoms with Gasteiger partial charge in [-0.25, -0.2) is 0 Å². The number of amides is 1. The van der Waals surface area contributed by atoms with Gasteiger partial charge >= 0.3 is 0 Å². The van der Waals surface area contributed by atoms with Gasteiger partial charge in [-0.3, -0.25) is 4.79 Å². The van der Waals surface area contributed by atoms with Crippen molar-refractivity contribution in [3.05, 3.63) is 12.2 Å². The summed E-state index contributed by atoms with van der Waals surface area (Å²) in [5, 5.41) is 2.69. The molecule has 2 nitrogen and oxygen atoms in total. The molecule has 0 radical (unpaired) electrons. The lowest BCUT2D eigenvalue weighted by Crippen LogP contribution is -2.24. The van der Waals surface area contributed by atoms with Gasteiger partial charge in [0.1, 0.15) is 0 Å². The van der Waals surface area contributed by atoms with Gasteiger partial charge in [0.15, 0.2) is 0 Å². The minimum absolute atomic E-state index is 0. The molecule has 1 amide bonds. The quantitative estimate of drug-likeness (QED) is 0.628. The lowest BCUT2D eigenvalue weighted by Gasteiger charge is -1.99. The normalized spacial score (nSPS) is 7.80. The van der Waals surface area contributed by atoms with Crippen LogP contribution < -0.4 is 5.32 Å². The van der Waals surface area contributed by atoms with E-state index in [2.05, 4.69) is 11.9 Å². The highest BCUT2D eigenvalue weighted by Crippen LogP contribution is 1.84. The summed E-state index contributed by atoms with van der Waals surface area (Å²) in [5.41, 5.74) is 0.573. The molecule has 0 heterocycles. The van der Waals surface area contributed by atoms with Crippen LogP contribution in [0.15, 0.2) is 12.2 Å². The van der Waals surface area contributed by atoms with Crippen molar-refractivity contribution in [3.8, 4) is 0 Å². The number of halogens is 1. The summed E-state index contributed by atoms with van der Waals surface area (Å²) in [5.74, 6) is -0.0446. The van der Waals surface area contributed by atoms with E-state index in [0.29, 0.717) is 5.57 Å². The van der Waals surface area contributed by atoms with Crippen molar-refractivity contribution in [1.29, 1.82) is 0 Å². The van der Waals surface area contributed by atoms with Gasteiger partial charge < -0.3 is 5.32 Å². The number of hydrogen-bond acceptors (Lipinski definition) is 1. The summed E-state index contributed by atoms with van der Waals surface area (Å²) in [6, 6.07) is 0. The van der Waals surface area contributed by atoms with Crippen molar-refractivity contribution in [1.82, 2.24) is 5.32 Å². The average Bonchev–Trinajstić information content (AvgIpc) is 1.82. The maximum atomic E-state index is 10.7. The van der Waals surface area contributed by atoms with Crippen LogP contribution in [0.4, 0.5) is 0 Å². The minimum atomic E-state index is -0.0446. The zero-order chi connectivity index (χ0) is 7.28. The molecule has 0 aromatic heterocycles. The minimum Gasteiger partial charge on any atom is -0.352 e. The van der Waals surface area contributed by atoms with Gasteiger partial charge in [0.25, 0.3) is 0 Å². The molecule has 0 aromatic rings. The zero-order valence-corrected chi connectivity index (χ0v) is 7.25. The molecule has 0 fully saturated rings. The van der Waals surface area contributed by atoms with E-state index in [-0.39, 0.29) is 18.3 Å². The Labute approximate surface area is 68.1 Å². The molecule has 0 rings (SSSR count). The first-order chi connectivity index (χ1) is 4.18. The largest absolute Gasteiger partial charge is 0.352 e. The van der Waals surface area contributed by atoms with Crippen molar-refractivity contribution in [3.63, 3.8) is 0 Å². The Morgan fingerprint density at radius 1 is 1.60 bits per heavy atom. The molecule has 10 heavy (non-hydrogen) atoms. The third-order valence-electron chi connectivity index (χ3n) is 0.923. The molecule has 0 aliphatic heterocycles. The molecule has 0 aliphatic carbocycles. The summed E-state index contributed by atoms with van der Waals surface area (Å²) in [6.45, 7) is 7.95. The van der Waals surface area contributed by atoms with Gasteiger partial charge in [-0.15, -0.1) is 12.4 Å². The molecule has 1 N–H and O–H groups in total. The number of carbonyl (C=O) groups is 1. The van der Waals surface area contributed by atoms with Gasteiger partial charge in [-0.05, 0) is 13.3 Å². The first-order valence-electron chi connectivity index (χ1n) is 3.12. The number of carbonyl (C=O) groups excluding carboxylic acids is 1. The van der Waals surface area contributed by atoms with Crippen LogP contribution in [0.1, 0.15) is 20.3 Å². The second-order valence-electron chi connectivity index (χ2n) is 2.04. The van der Waals surface area contributed by atoms with Crippen LogP contribution in [0.3, 0.4) is 0 Å². The number of hydrogen-bond donors (Lipinski definition) is 1. The Bertz CT molecular complexity index is 123. The van der Waals surface area contributed by atoms with Crippen molar-refractivity contribution >= 4 is 18.3 Å². The van der Waals surface area contributed by atoms with E-state index < -0.39 is 0 Å². The third kappa shape index (κ3) is 5.63. The Kier molecular flexibility index (Phi) is 8.07. The Balaban J connectivity index is 0. The van der Waals surface area contributed by atoms with Crippen LogP contribution in [0.5, 0.6) is 0 Å². The van der Waals surface area contributed by atoms with Crippen molar-refractivity contribution in [2.45, 2.75) is 20.3 Å². The van der Waals surface area contributed by atoms with Gasteiger partial charge in [0, 0.05) is 12.1 Å². The molecule has 0 saturated carbocycles. The molecular formula is C7H14ClNO. The maximum Gasteiger partial charge on any atom is 0.246 e. The van der Waals surface area contributed by atoms with Crippen molar-refractivity contribution in [2.75, 3.05) is 6.54 Å². The van der Waals surface area contributed by atoms with Crippen LogP contribution in [0.25, 0.3) is 0 Å². The topological polar surface area (TPSA) is 29.1 Å². The van der Waals surface area contributed by atoms with E-state index in [1.54, 1.807) is 6.92 Å². The lowest BCUT2D eigenvalue weighted by molar-refractivity contribution is -0.117. The molecule has 0 bridgehead atoms. The second-order valence-corrected chi connectivity index (χ2v) is 2.04. The van der Waals surface area contributed by atoms with E-state index in [9.17, 15) is 4.79 Å². The molecule has 0 unspecified atom stereocenters. The van der Waals surface area contributed by atoms with Crippen molar-refractivity contribution in [2.24, 2.45) is 0 Å².